The fourth-order valence-corrected chi connectivity index (χ4v) is 3.52. The van der Waals surface area contributed by atoms with Gasteiger partial charge in [-0.15, -0.1) is 10.2 Å². The third kappa shape index (κ3) is 5.17. The number of aromatic nitrogens is 3. The van der Waals surface area contributed by atoms with E-state index in [2.05, 4.69) is 33.9 Å². The van der Waals surface area contributed by atoms with Crippen molar-refractivity contribution in [2.24, 2.45) is 0 Å². The molecule has 1 fully saturated rings. The molecule has 4 rings (SSSR count). The number of anilines is 1. The quantitative estimate of drug-likeness (QED) is 0.612. The van der Waals surface area contributed by atoms with Crippen molar-refractivity contribution in [2.75, 3.05) is 37.7 Å². The summed E-state index contributed by atoms with van der Waals surface area (Å²) in [7, 11) is 0. The largest absolute Gasteiger partial charge is 0.484 e. The van der Waals surface area contributed by atoms with Crippen LogP contribution in [0.5, 0.6) is 5.75 Å². The number of hydrogen-bond acceptors (Lipinski definition) is 6. The SMILES string of the molecule is CC(C)c1ccc(OCC(=O)N2CCN(c3ccc(-c4ccccn4)nn3)CC2)cc1. The van der Waals surface area contributed by atoms with Crippen LogP contribution in [0, 0.1) is 0 Å². The summed E-state index contributed by atoms with van der Waals surface area (Å²) < 4.78 is 5.69. The second-order valence-electron chi connectivity index (χ2n) is 7.87. The third-order valence-corrected chi connectivity index (χ3v) is 5.44. The van der Waals surface area contributed by atoms with Gasteiger partial charge >= 0.3 is 0 Å². The van der Waals surface area contributed by atoms with E-state index in [1.165, 1.54) is 5.56 Å². The fraction of sp³-hybridized carbons (Fsp3) is 0.333. The van der Waals surface area contributed by atoms with E-state index in [0.29, 0.717) is 32.1 Å². The van der Waals surface area contributed by atoms with Crippen molar-refractivity contribution in [3.05, 3.63) is 66.4 Å². The zero-order valence-electron chi connectivity index (χ0n) is 17.9. The monoisotopic (exact) mass is 417 g/mol. The molecule has 31 heavy (non-hydrogen) atoms. The highest BCUT2D eigenvalue weighted by molar-refractivity contribution is 5.78. The van der Waals surface area contributed by atoms with Gasteiger partial charge in [-0.2, -0.15) is 0 Å². The van der Waals surface area contributed by atoms with Crippen LogP contribution in [-0.4, -0.2) is 58.8 Å². The van der Waals surface area contributed by atoms with Gasteiger partial charge in [0.2, 0.25) is 0 Å². The maximum Gasteiger partial charge on any atom is 0.260 e. The summed E-state index contributed by atoms with van der Waals surface area (Å²) in [5, 5.41) is 8.66. The molecular weight excluding hydrogens is 390 g/mol. The summed E-state index contributed by atoms with van der Waals surface area (Å²) in [6.45, 7) is 7.06. The van der Waals surface area contributed by atoms with Crippen molar-refractivity contribution in [2.45, 2.75) is 19.8 Å². The smallest absolute Gasteiger partial charge is 0.260 e. The summed E-state index contributed by atoms with van der Waals surface area (Å²) in [4.78, 5) is 20.8. The van der Waals surface area contributed by atoms with Crippen molar-refractivity contribution < 1.29 is 9.53 Å². The van der Waals surface area contributed by atoms with Crippen LogP contribution in [0.4, 0.5) is 5.82 Å². The van der Waals surface area contributed by atoms with Crippen LogP contribution in [0.1, 0.15) is 25.3 Å². The lowest BCUT2D eigenvalue weighted by atomic mass is 10.0. The van der Waals surface area contributed by atoms with Crippen LogP contribution >= 0.6 is 0 Å². The first-order valence-electron chi connectivity index (χ1n) is 10.6. The molecule has 3 aromatic rings. The Kier molecular flexibility index (Phi) is 6.40. The zero-order chi connectivity index (χ0) is 21.6. The van der Waals surface area contributed by atoms with Crippen molar-refractivity contribution in [3.8, 4) is 17.1 Å². The Labute approximate surface area is 182 Å². The molecule has 1 saturated heterocycles. The molecule has 0 saturated carbocycles. The molecule has 0 atom stereocenters. The van der Waals surface area contributed by atoms with Crippen molar-refractivity contribution in [3.63, 3.8) is 0 Å². The number of ether oxygens (including phenoxy) is 1. The van der Waals surface area contributed by atoms with Gasteiger partial charge in [-0.05, 0) is 47.9 Å². The Bertz CT molecular complexity index is 983. The number of hydrogen-bond donors (Lipinski definition) is 0. The second-order valence-corrected chi connectivity index (χ2v) is 7.87. The van der Waals surface area contributed by atoms with Gasteiger partial charge in [0.1, 0.15) is 11.4 Å². The predicted molar refractivity (Wildman–Crippen MR) is 120 cm³/mol. The Morgan fingerprint density at radius 3 is 2.32 bits per heavy atom. The lowest BCUT2D eigenvalue weighted by Crippen LogP contribution is -2.50. The van der Waals surface area contributed by atoms with E-state index in [9.17, 15) is 4.79 Å². The molecule has 0 unspecified atom stereocenters. The van der Waals surface area contributed by atoms with Crippen LogP contribution in [0.3, 0.4) is 0 Å². The first-order chi connectivity index (χ1) is 15.1. The van der Waals surface area contributed by atoms with Crippen molar-refractivity contribution in [1.82, 2.24) is 20.1 Å². The van der Waals surface area contributed by atoms with Crippen molar-refractivity contribution >= 4 is 11.7 Å². The molecule has 1 aromatic carbocycles. The molecule has 0 radical (unpaired) electrons. The van der Waals surface area contributed by atoms with Gasteiger partial charge in [-0.25, -0.2) is 0 Å². The van der Waals surface area contributed by atoms with Crippen LogP contribution < -0.4 is 9.64 Å². The average Bonchev–Trinajstić information content (AvgIpc) is 2.83. The summed E-state index contributed by atoms with van der Waals surface area (Å²) in [6, 6.07) is 17.5. The summed E-state index contributed by atoms with van der Waals surface area (Å²) in [5.41, 5.74) is 2.80. The van der Waals surface area contributed by atoms with Gasteiger partial charge in [0.25, 0.3) is 5.91 Å². The molecule has 7 nitrogen and oxygen atoms in total. The standard InChI is InChI=1S/C24H27N5O2/c1-18(2)19-6-8-20(9-7-19)31-17-24(30)29-15-13-28(14-16-29)23-11-10-22(26-27-23)21-5-3-4-12-25-21/h3-12,18H,13-17H2,1-2H3. The molecule has 2 aromatic heterocycles. The van der Waals surface area contributed by atoms with Gasteiger partial charge < -0.3 is 14.5 Å². The number of amides is 1. The minimum Gasteiger partial charge on any atom is -0.484 e. The van der Waals surface area contributed by atoms with E-state index in [1.807, 2.05) is 59.5 Å². The predicted octanol–water partition coefficient (Wildman–Crippen LogP) is 3.39. The molecule has 0 N–H and O–H groups in total. The lowest BCUT2D eigenvalue weighted by Gasteiger charge is -2.35. The van der Waals surface area contributed by atoms with E-state index >= 15 is 0 Å². The van der Waals surface area contributed by atoms with Crippen LogP contribution in [0.15, 0.2) is 60.8 Å². The first kappa shape index (κ1) is 20.8. The number of nitrogens with zero attached hydrogens (tertiary/aromatic N) is 5. The lowest BCUT2D eigenvalue weighted by molar-refractivity contribution is -0.133. The Balaban J connectivity index is 1.26. The maximum atomic E-state index is 12.5. The van der Waals surface area contributed by atoms with Crippen LogP contribution in [0.2, 0.25) is 0 Å². The molecular formula is C24H27N5O2. The molecule has 0 spiro atoms. The van der Waals surface area contributed by atoms with E-state index in [4.69, 9.17) is 4.74 Å². The van der Waals surface area contributed by atoms with Gasteiger partial charge in [-0.1, -0.05) is 32.0 Å². The zero-order valence-corrected chi connectivity index (χ0v) is 17.9. The molecule has 7 heteroatoms. The van der Waals surface area contributed by atoms with Crippen LogP contribution in [-0.2, 0) is 4.79 Å². The summed E-state index contributed by atoms with van der Waals surface area (Å²) in [6.07, 6.45) is 1.74. The number of carbonyl (C=O) groups is 1. The minimum atomic E-state index is 0.00386. The maximum absolute atomic E-state index is 12.5. The normalized spacial score (nSPS) is 14.0. The van der Waals surface area contributed by atoms with E-state index in [-0.39, 0.29) is 12.5 Å². The fourth-order valence-electron chi connectivity index (χ4n) is 3.52. The highest BCUT2D eigenvalue weighted by Gasteiger charge is 2.22. The Morgan fingerprint density at radius 1 is 0.935 bits per heavy atom. The Morgan fingerprint density at radius 2 is 1.71 bits per heavy atom. The van der Waals surface area contributed by atoms with Crippen LogP contribution in [0.25, 0.3) is 11.4 Å². The highest BCUT2D eigenvalue weighted by atomic mass is 16.5. The van der Waals surface area contributed by atoms with Gasteiger partial charge in [0.05, 0.1) is 5.69 Å². The molecule has 160 valence electrons. The first-order valence-corrected chi connectivity index (χ1v) is 10.6. The van der Waals surface area contributed by atoms with E-state index in [1.54, 1.807) is 6.20 Å². The van der Waals surface area contributed by atoms with Crippen molar-refractivity contribution in [1.29, 1.82) is 0 Å². The number of carbonyl (C=O) groups excluding carboxylic acids is 1. The van der Waals surface area contributed by atoms with Gasteiger partial charge in [-0.3, -0.25) is 9.78 Å². The third-order valence-electron chi connectivity index (χ3n) is 5.44. The number of piperazine rings is 1. The van der Waals surface area contributed by atoms with Gasteiger partial charge in [0, 0.05) is 32.4 Å². The molecule has 1 amide bonds. The summed E-state index contributed by atoms with van der Waals surface area (Å²) in [5.74, 6) is 2.01. The van der Waals surface area contributed by atoms with E-state index < -0.39 is 0 Å². The molecule has 0 aliphatic carbocycles. The number of pyridine rings is 1. The molecule has 0 bridgehead atoms. The van der Waals surface area contributed by atoms with E-state index in [0.717, 1.165) is 23.0 Å². The molecule has 3 heterocycles. The minimum absolute atomic E-state index is 0.00386. The number of rotatable bonds is 6. The topological polar surface area (TPSA) is 71.5 Å². The average molecular weight is 418 g/mol. The van der Waals surface area contributed by atoms with Gasteiger partial charge in [0.15, 0.2) is 12.4 Å². The Hall–Kier alpha value is -3.48. The number of benzene rings is 1. The molecule has 1 aliphatic heterocycles. The summed E-state index contributed by atoms with van der Waals surface area (Å²) >= 11 is 0. The highest BCUT2D eigenvalue weighted by Crippen LogP contribution is 2.19. The second kappa shape index (κ2) is 9.55. The molecule has 1 aliphatic rings.